The zero-order valence-corrected chi connectivity index (χ0v) is 20.0. The van der Waals surface area contributed by atoms with Gasteiger partial charge < -0.3 is 21.1 Å². The van der Waals surface area contributed by atoms with Crippen LogP contribution in [0, 0.1) is 15.9 Å². The molecule has 1 fully saturated rings. The molecule has 1 saturated carbocycles. The van der Waals surface area contributed by atoms with Crippen LogP contribution in [-0.4, -0.2) is 61.6 Å². The molecular weight excluding hydrogens is 511 g/mol. The van der Waals surface area contributed by atoms with E-state index in [1.54, 1.807) is 0 Å². The van der Waals surface area contributed by atoms with Crippen LogP contribution in [0.2, 0.25) is 5.02 Å². The van der Waals surface area contributed by atoms with Crippen molar-refractivity contribution in [3.05, 3.63) is 68.6 Å². The van der Waals surface area contributed by atoms with Crippen LogP contribution in [0.4, 0.5) is 10.1 Å². The molecule has 0 bridgehead atoms. The zero-order valence-electron chi connectivity index (χ0n) is 19.3. The van der Waals surface area contributed by atoms with E-state index in [0.717, 1.165) is 6.07 Å². The highest BCUT2D eigenvalue weighted by atomic mass is 35.5. The van der Waals surface area contributed by atoms with Crippen molar-refractivity contribution < 1.29 is 28.8 Å². The van der Waals surface area contributed by atoms with Crippen LogP contribution in [0.1, 0.15) is 34.9 Å². The van der Waals surface area contributed by atoms with E-state index in [1.165, 1.54) is 39.9 Å². The van der Waals surface area contributed by atoms with Crippen molar-refractivity contribution in [3.8, 4) is 0 Å². The van der Waals surface area contributed by atoms with Gasteiger partial charge in [-0.25, -0.2) is 4.39 Å². The number of rotatable bonds is 10. The molecule has 1 aliphatic carbocycles. The summed E-state index contributed by atoms with van der Waals surface area (Å²) in [7, 11) is 0. The van der Waals surface area contributed by atoms with Gasteiger partial charge in [0.15, 0.2) is 5.69 Å². The molecule has 0 radical (unpaired) electrons. The summed E-state index contributed by atoms with van der Waals surface area (Å²) < 4.78 is 15.6. The predicted molar refractivity (Wildman–Crippen MR) is 129 cm³/mol. The molecule has 0 saturated heterocycles. The van der Waals surface area contributed by atoms with Crippen LogP contribution in [0.3, 0.4) is 0 Å². The first-order valence-corrected chi connectivity index (χ1v) is 11.6. The fourth-order valence-electron chi connectivity index (χ4n) is 4.02. The molecule has 2 aromatic carbocycles. The summed E-state index contributed by atoms with van der Waals surface area (Å²) in [5.41, 5.74) is 5.16. The molecule has 3 amide bonds. The van der Waals surface area contributed by atoms with Gasteiger partial charge in [-0.15, -0.1) is 0 Å². The Balaban J connectivity index is 1.53. The molecule has 4 N–H and O–H groups in total. The number of nitrogens with one attached hydrogen (secondary N) is 1. The zero-order chi connectivity index (χ0) is 26.9. The van der Waals surface area contributed by atoms with Gasteiger partial charge in [-0.05, 0) is 25.0 Å². The Hall–Kier alpha value is -4.10. The summed E-state index contributed by atoms with van der Waals surface area (Å²) in [6.45, 7) is -1.32. The number of primary amides is 1. The molecule has 0 unspecified atom stereocenters. The molecule has 1 atom stereocenters. The summed E-state index contributed by atoms with van der Waals surface area (Å²) in [5.74, 6) is -2.81. The fraction of sp³-hybridized carbons (Fsp3) is 0.304. The number of fused-ring (bicyclic) bond motifs is 1. The lowest BCUT2D eigenvalue weighted by atomic mass is 10.1. The second-order valence-corrected chi connectivity index (χ2v) is 8.93. The van der Waals surface area contributed by atoms with E-state index in [1.807, 2.05) is 0 Å². The largest absolute Gasteiger partial charge is 0.394 e. The van der Waals surface area contributed by atoms with Crippen molar-refractivity contribution in [2.24, 2.45) is 5.73 Å². The maximum absolute atomic E-state index is 14.4. The van der Waals surface area contributed by atoms with Gasteiger partial charge in [-0.1, -0.05) is 23.7 Å². The molecule has 37 heavy (non-hydrogen) atoms. The van der Waals surface area contributed by atoms with E-state index in [-0.39, 0.29) is 52.0 Å². The normalized spacial score (nSPS) is 13.8. The quantitative estimate of drug-likeness (QED) is 0.263. The number of hydrogen-bond donors (Lipinski definition) is 3. The topological polar surface area (TPSA) is 174 Å². The van der Waals surface area contributed by atoms with E-state index >= 15 is 0 Å². The van der Waals surface area contributed by atoms with Crippen molar-refractivity contribution in [2.75, 3.05) is 13.2 Å². The van der Waals surface area contributed by atoms with Gasteiger partial charge in [0.2, 0.25) is 11.8 Å². The Bertz CT molecular complexity index is 1410. The second-order valence-electron chi connectivity index (χ2n) is 8.53. The molecule has 0 spiro atoms. The Morgan fingerprint density at radius 3 is 2.68 bits per heavy atom. The molecule has 1 heterocycles. The minimum atomic E-state index is -1.08. The van der Waals surface area contributed by atoms with Gasteiger partial charge in [0.25, 0.3) is 11.6 Å². The number of non-ortho nitro benzene ring substituents is 1. The highest BCUT2D eigenvalue weighted by Gasteiger charge is 2.35. The smallest absolute Gasteiger partial charge is 0.270 e. The van der Waals surface area contributed by atoms with Crippen molar-refractivity contribution in [1.29, 1.82) is 0 Å². The fourth-order valence-corrected chi connectivity index (χ4v) is 4.20. The van der Waals surface area contributed by atoms with Crippen LogP contribution in [0.5, 0.6) is 0 Å². The monoisotopic (exact) mass is 532 g/mol. The first kappa shape index (κ1) is 26.0. The average molecular weight is 533 g/mol. The lowest BCUT2D eigenvalue weighted by Gasteiger charge is -2.24. The average Bonchev–Trinajstić information content (AvgIpc) is 3.64. The second kappa shape index (κ2) is 10.5. The number of nitro benzene ring substituents is 1. The third-order valence-electron chi connectivity index (χ3n) is 5.96. The van der Waals surface area contributed by atoms with Gasteiger partial charge in [0, 0.05) is 29.1 Å². The van der Waals surface area contributed by atoms with E-state index in [2.05, 4.69) is 10.4 Å². The lowest BCUT2D eigenvalue weighted by Crippen LogP contribution is -2.44. The molecule has 194 valence electrons. The van der Waals surface area contributed by atoms with E-state index in [0.29, 0.717) is 12.8 Å². The molecule has 12 nitrogen and oxygen atoms in total. The van der Waals surface area contributed by atoms with E-state index < -0.39 is 41.1 Å². The minimum Gasteiger partial charge on any atom is -0.394 e. The van der Waals surface area contributed by atoms with Crippen molar-refractivity contribution in [1.82, 2.24) is 20.0 Å². The molecule has 1 aromatic heterocycles. The number of hydrogen-bond acceptors (Lipinski definition) is 7. The summed E-state index contributed by atoms with van der Waals surface area (Å²) in [6.07, 6.45) is 1.34. The third kappa shape index (κ3) is 5.52. The van der Waals surface area contributed by atoms with Crippen LogP contribution >= 0.6 is 11.6 Å². The number of nitrogens with zero attached hydrogens (tertiary/aromatic N) is 4. The van der Waals surface area contributed by atoms with Gasteiger partial charge in [-0.3, -0.25) is 29.2 Å². The Kier molecular flexibility index (Phi) is 7.36. The van der Waals surface area contributed by atoms with Crippen LogP contribution in [0.15, 0.2) is 36.4 Å². The number of nitro groups is 1. The standard InChI is InChI=1S/C23H22ClFN6O6/c24-16-3-1-2-14(21(16)25)17(11-32)27-19(33)9-29(12-4-5-12)20(34)10-30-18-7-6-13(31(36)37)8-15(18)22(28-30)23(26)35/h1-3,6-8,12,17,32H,4-5,9-11H2,(H2,26,35)(H,27,33)/t17-/m1/s1. The van der Waals surface area contributed by atoms with Crippen molar-refractivity contribution in [2.45, 2.75) is 31.5 Å². The van der Waals surface area contributed by atoms with Gasteiger partial charge in [-0.2, -0.15) is 5.10 Å². The van der Waals surface area contributed by atoms with Gasteiger partial charge in [0.1, 0.15) is 12.4 Å². The number of carbonyl (C=O) groups is 3. The predicted octanol–water partition coefficient (Wildman–Crippen LogP) is 1.68. The maximum atomic E-state index is 14.4. The highest BCUT2D eigenvalue weighted by molar-refractivity contribution is 6.30. The Morgan fingerprint density at radius 1 is 1.32 bits per heavy atom. The molecule has 0 aliphatic heterocycles. The van der Waals surface area contributed by atoms with Crippen LogP contribution in [0.25, 0.3) is 10.9 Å². The number of amides is 3. The Labute approximate surface area is 213 Å². The molecular formula is C23H22ClFN6O6. The first-order valence-electron chi connectivity index (χ1n) is 11.2. The molecule has 4 rings (SSSR count). The van der Waals surface area contributed by atoms with Crippen LogP contribution in [-0.2, 0) is 16.1 Å². The number of halogens is 2. The summed E-state index contributed by atoms with van der Waals surface area (Å²) in [4.78, 5) is 49.6. The minimum absolute atomic E-state index is 0.00346. The maximum Gasteiger partial charge on any atom is 0.270 e. The SMILES string of the molecule is NC(=O)c1nn(CC(=O)N(CC(=O)N[C@H](CO)c2cccc(Cl)c2F)C2CC2)c2ccc([N+](=O)[O-])cc12. The number of benzene rings is 2. The van der Waals surface area contributed by atoms with Crippen molar-refractivity contribution >= 4 is 45.9 Å². The molecule has 3 aromatic rings. The lowest BCUT2D eigenvalue weighted by molar-refractivity contribution is -0.384. The molecule has 14 heteroatoms. The number of aliphatic hydroxyl groups excluding tert-OH is 1. The number of aliphatic hydroxyl groups is 1. The summed E-state index contributed by atoms with van der Waals surface area (Å²) >= 11 is 5.80. The van der Waals surface area contributed by atoms with Gasteiger partial charge >= 0.3 is 0 Å². The van der Waals surface area contributed by atoms with Crippen LogP contribution < -0.4 is 11.1 Å². The summed E-state index contributed by atoms with van der Waals surface area (Å²) in [6, 6.07) is 6.66. The first-order chi connectivity index (χ1) is 17.6. The number of carbonyl (C=O) groups excluding carboxylic acids is 3. The number of nitrogens with two attached hydrogens (primary N) is 1. The molecule has 1 aliphatic rings. The van der Waals surface area contributed by atoms with Gasteiger partial charge in [0.05, 0.1) is 34.7 Å². The Morgan fingerprint density at radius 2 is 2.05 bits per heavy atom. The third-order valence-corrected chi connectivity index (χ3v) is 6.25. The van der Waals surface area contributed by atoms with E-state index in [4.69, 9.17) is 17.3 Å². The van der Waals surface area contributed by atoms with E-state index in [9.17, 15) is 34.0 Å². The van der Waals surface area contributed by atoms with Crippen molar-refractivity contribution in [3.63, 3.8) is 0 Å². The number of aromatic nitrogens is 2. The summed E-state index contributed by atoms with van der Waals surface area (Å²) in [5, 5.41) is 27.4. The highest BCUT2D eigenvalue weighted by Crippen LogP contribution is 2.29.